The van der Waals surface area contributed by atoms with Crippen LogP contribution in [0.1, 0.15) is 31.7 Å². The van der Waals surface area contributed by atoms with E-state index in [0.29, 0.717) is 29.5 Å². The molecule has 2 aromatic rings. The Morgan fingerprint density at radius 1 is 1.20 bits per heavy atom. The summed E-state index contributed by atoms with van der Waals surface area (Å²) >= 11 is 0. The molecule has 0 spiro atoms. The number of halogens is 1. The Morgan fingerprint density at radius 3 is 2.56 bits per heavy atom. The van der Waals surface area contributed by atoms with Crippen molar-refractivity contribution in [2.24, 2.45) is 5.92 Å². The van der Waals surface area contributed by atoms with Crippen molar-refractivity contribution >= 4 is 11.7 Å². The molecule has 2 amide bonds. The molecular weight excluding hydrogens is 319 g/mol. The van der Waals surface area contributed by atoms with Gasteiger partial charge in [-0.15, -0.1) is 0 Å². The Labute approximate surface area is 146 Å². The van der Waals surface area contributed by atoms with Gasteiger partial charge in [-0.3, -0.25) is 0 Å². The Kier molecular flexibility index (Phi) is 3.90. The van der Waals surface area contributed by atoms with E-state index in [9.17, 15) is 9.18 Å². The zero-order valence-electron chi connectivity index (χ0n) is 14.4. The molecule has 4 rings (SSSR count). The van der Waals surface area contributed by atoms with Crippen molar-refractivity contribution in [1.29, 1.82) is 0 Å². The van der Waals surface area contributed by atoms with Gasteiger partial charge in [-0.1, -0.05) is 13.0 Å². The van der Waals surface area contributed by atoms with Gasteiger partial charge in [-0.05, 0) is 49.8 Å². The summed E-state index contributed by atoms with van der Waals surface area (Å²) < 4.78 is 13.0. The number of aromatic nitrogens is 2. The number of carbonyl (C=O) groups excluding carboxylic acids is 1. The van der Waals surface area contributed by atoms with Crippen LogP contribution in [0.4, 0.5) is 14.9 Å². The van der Waals surface area contributed by atoms with Crippen LogP contribution in [0.2, 0.25) is 0 Å². The second kappa shape index (κ2) is 6.10. The average molecular weight is 340 g/mol. The SMILES string of the molecule is Cc1ccc(NC(=O)N2C3CC(C)CC2C3)cc1-c1ncc(F)cn1. The molecule has 5 nitrogen and oxygen atoms in total. The predicted octanol–water partition coefficient (Wildman–Crippen LogP) is 4.00. The molecule has 25 heavy (non-hydrogen) atoms. The summed E-state index contributed by atoms with van der Waals surface area (Å²) in [5, 5.41) is 2.99. The minimum absolute atomic E-state index is 0.0389. The van der Waals surface area contributed by atoms with Crippen molar-refractivity contribution in [3.05, 3.63) is 42.0 Å². The van der Waals surface area contributed by atoms with E-state index < -0.39 is 5.82 Å². The summed E-state index contributed by atoms with van der Waals surface area (Å²) in [6.45, 7) is 4.19. The standard InChI is InChI=1S/C19H21FN4O/c1-11-5-15-8-16(6-11)24(15)19(25)23-14-4-3-12(2)17(7-14)18-21-9-13(20)10-22-18/h3-4,7,9-11,15-16H,5-6,8H2,1-2H3,(H,23,25). The molecule has 0 aliphatic carbocycles. The van der Waals surface area contributed by atoms with Crippen molar-refractivity contribution < 1.29 is 9.18 Å². The average Bonchev–Trinajstić information content (AvgIpc) is 2.57. The molecule has 1 aromatic carbocycles. The lowest BCUT2D eigenvalue weighted by Crippen LogP contribution is -2.63. The van der Waals surface area contributed by atoms with E-state index in [1.54, 1.807) is 0 Å². The summed E-state index contributed by atoms with van der Waals surface area (Å²) in [4.78, 5) is 22.7. The maximum atomic E-state index is 13.0. The van der Waals surface area contributed by atoms with Crippen LogP contribution >= 0.6 is 0 Å². The summed E-state index contributed by atoms with van der Waals surface area (Å²) in [7, 11) is 0. The lowest BCUT2D eigenvalue weighted by molar-refractivity contribution is -0.00600. The second-order valence-electron chi connectivity index (χ2n) is 7.21. The van der Waals surface area contributed by atoms with Crippen LogP contribution in [0.15, 0.2) is 30.6 Å². The largest absolute Gasteiger partial charge is 0.322 e. The summed E-state index contributed by atoms with van der Waals surface area (Å²) in [6, 6.07) is 6.34. The first-order valence-corrected chi connectivity index (χ1v) is 8.69. The lowest BCUT2D eigenvalue weighted by Gasteiger charge is -2.54. The fourth-order valence-electron chi connectivity index (χ4n) is 4.06. The third kappa shape index (κ3) is 2.97. The summed E-state index contributed by atoms with van der Waals surface area (Å²) in [5.41, 5.74) is 2.46. The van der Waals surface area contributed by atoms with Crippen molar-refractivity contribution in [2.45, 2.75) is 45.2 Å². The fraction of sp³-hybridized carbons (Fsp3) is 0.421. The second-order valence-corrected chi connectivity index (χ2v) is 7.21. The van der Waals surface area contributed by atoms with E-state index in [4.69, 9.17) is 0 Å². The molecule has 130 valence electrons. The zero-order valence-corrected chi connectivity index (χ0v) is 14.4. The molecule has 2 saturated heterocycles. The van der Waals surface area contributed by atoms with Crippen LogP contribution in [0, 0.1) is 18.7 Å². The molecule has 2 fully saturated rings. The van der Waals surface area contributed by atoms with Crippen LogP contribution in [0.25, 0.3) is 11.4 Å². The summed E-state index contributed by atoms with van der Waals surface area (Å²) in [6.07, 6.45) is 5.60. The van der Waals surface area contributed by atoms with Gasteiger partial charge in [0.15, 0.2) is 11.6 Å². The molecule has 1 N–H and O–H groups in total. The molecule has 2 atom stereocenters. The number of carbonyl (C=O) groups is 1. The Bertz CT molecular complexity index is 796. The Balaban J connectivity index is 1.53. The first-order valence-electron chi connectivity index (χ1n) is 8.69. The van der Waals surface area contributed by atoms with Crippen LogP contribution in [-0.2, 0) is 0 Å². The van der Waals surface area contributed by atoms with Crippen LogP contribution in [0.3, 0.4) is 0 Å². The monoisotopic (exact) mass is 340 g/mol. The van der Waals surface area contributed by atoms with Gasteiger partial charge in [-0.25, -0.2) is 19.2 Å². The minimum atomic E-state index is -0.468. The number of amides is 2. The van der Waals surface area contributed by atoms with E-state index in [0.717, 1.165) is 42.8 Å². The van der Waals surface area contributed by atoms with Crippen LogP contribution < -0.4 is 5.32 Å². The van der Waals surface area contributed by atoms with Gasteiger partial charge in [-0.2, -0.15) is 0 Å². The maximum Gasteiger partial charge on any atom is 0.322 e. The number of aryl methyl sites for hydroxylation is 1. The first kappa shape index (κ1) is 16.0. The fourth-order valence-corrected chi connectivity index (χ4v) is 4.06. The van der Waals surface area contributed by atoms with Gasteiger partial charge < -0.3 is 10.2 Å². The number of hydrogen-bond acceptors (Lipinski definition) is 3. The topological polar surface area (TPSA) is 58.1 Å². The highest BCUT2D eigenvalue weighted by atomic mass is 19.1. The molecule has 3 heterocycles. The van der Waals surface area contributed by atoms with Gasteiger partial charge in [0.05, 0.1) is 12.4 Å². The van der Waals surface area contributed by atoms with E-state index in [2.05, 4.69) is 22.2 Å². The third-order valence-corrected chi connectivity index (χ3v) is 5.26. The lowest BCUT2D eigenvalue weighted by atomic mass is 9.74. The molecule has 6 heteroatoms. The van der Waals surface area contributed by atoms with E-state index >= 15 is 0 Å². The molecule has 1 aromatic heterocycles. The van der Waals surface area contributed by atoms with E-state index in [1.807, 2.05) is 30.0 Å². The number of anilines is 1. The van der Waals surface area contributed by atoms with Gasteiger partial charge >= 0.3 is 6.03 Å². The maximum absolute atomic E-state index is 13.0. The number of hydrogen-bond donors (Lipinski definition) is 1. The molecule has 2 aliphatic heterocycles. The van der Waals surface area contributed by atoms with Gasteiger partial charge in [0.1, 0.15) is 0 Å². The van der Waals surface area contributed by atoms with Crippen molar-refractivity contribution in [2.75, 3.05) is 5.32 Å². The molecule has 2 aliphatic rings. The minimum Gasteiger partial charge on any atom is -0.318 e. The van der Waals surface area contributed by atoms with Gasteiger partial charge in [0, 0.05) is 23.3 Å². The van der Waals surface area contributed by atoms with Crippen LogP contribution in [0.5, 0.6) is 0 Å². The van der Waals surface area contributed by atoms with Gasteiger partial charge in [0.2, 0.25) is 0 Å². The predicted molar refractivity (Wildman–Crippen MR) is 93.6 cm³/mol. The van der Waals surface area contributed by atoms with E-state index in [1.165, 1.54) is 0 Å². The van der Waals surface area contributed by atoms with Crippen molar-refractivity contribution in [1.82, 2.24) is 14.9 Å². The molecule has 2 unspecified atom stereocenters. The Hall–Kier alpha value is -2.50. The summed E-state index contributed by atoms with van der Waals surface area (Å²) in [5.74, 6) is 0.684. The highest BCUT2D eigenvalue weighted by Crippen LogP contribution is 2.41. The van der Waals surface area contributed by atoms with Crippen molar-refractivity contribution in [3.63, 3.8) is 0 Å². The Morgan fingerprint density at radius 2 is 1.88 bits per heavy atom. The quantitative estimate of drug-likeness (QED) is 0.899. The molecular formula is C19H21FN4O. The highest BCUT2D eigenvalue weighted by molar-refractivity contribution is 5.91. The molecule has 0 radical (unpaired) electrons. The molecule has 2 bridgehead atoms. The normalized spacial score (nSPS) is 24.6. The van der Waals surface area contributed by atoms with Crippen molar-refractivity contribution in [3.8, 4) is 11.4 Å². The van der Waals surface area contributed by atoms with Gasteiger partial charge in [0.25, 0.3) is 0 Å². The highest BCUT2D eigenvalue weighted by Gasteiger charge is 2.46. The third-order valence-electron chi connectivity index (χ3n) is 5.26. The number of nitrogens with one attached hydrogen (secondary N) is 1. The number of piperidine rings is 1. The number of nitrogens with zero attached hydrogens (tertiary/aromatic N) is 3. The van der Waals surface area contributed by atoms with E-state index in [-0.39, 0.29) is 6.03 Å². The number of urea groups is 1. The molecule has 0 saturated carbocycles. The first-order chi connectivity index (χ1) is 12.0. The number of benzene rings is 1. The number of rotatable bonds is 2. The smallest absolute Gasteiger partial charge is 0.318 e. The number of fused-ring (bicyclic) bond motifs is 2. The van der Waals surface area contributed by atoms with Crippen LogP contribution in [-0.4, -0.2) is 33.0 Å². The zero-order chi connectivity index (χ0) is 17.6.